The highest BCUT2D eigenvalue weighted by atomic mass is 79.9. The molecule has 6 nitrogen and oxygen atoms in total. The van der Waals surface area contributed by atoms with Crippen LogP contribution in [-0.2, 0) is 24.9 Å². The van der Waals surface area contributed by atoms with Gasteiger partial charge in [-0.1, -0.05) is 28.1 Å². The molecule has 2 rings (SSSR count). The fourth-order valence-electron chi connectivity index (χ4n) is 2.21. The lowest BCUT2D eigenvalue weighted by molar-refractivity contribution is -0.146. The number of halogens is 2. The molecular weight excluding hydrogens is 463 g/mol. The number of carbonyl (C=O) groups is 3. The number of ether oxygens (including phenoxy) is 1. The molecule has 29 heavy (non-hydrogen) atoms. The molecule has 154 valence electrons. The van der Waals surface area contributed by atoms with E-state index in [1.165, 1.54) is 23.9 Å². The number of carbonyl (C=O) groups excluding carboxylic acids is 3. The van der Waals surface area contributed by atoms with E-state index in [0.29, 0.717) is 11.4 Å². The van der Waals surface area contributed by atoms with E-state index in [0.717, 1.165) is 15.6 Å². The third-order valence-electron chi connectivity index (χ3n) is 3.67. The summed E-state index contributed by atoms with van der Waals surface area (Å²) in [4.78, 5) is 35.3. The zero-order valence-electron chi connectivity index (χ0n) is 15.7. The van der Waals surface area contributed by atoms with E-state index in [1.807, 2.05) is 13.0 Å². The number of rotatable bonds is 9. The maximum Gasteiger partial charge on any atom is 0.316 e. The van der Waals surface area contributed by atoms with E-state index in [4.69, 9.17) is 4.74 Å². The number of benzene rings is 2. The fraction of sp³-hybridized carbons (Fsp3) is 0.250. The van der Waals surface area contributed by atoms with E-state index < -0.39 is 18.5 Å². The van der Waals surface area contributed by atoms with Crippen molar-refractivity contribution in [2.24, 2.45) is 0 Å². The Kier molecular flexibility index (Phi) is 9.14. The highest BCUT2D eigenvalue weighted by molar-refractivity contribution is 9.10. The summed E-state index contributed by atoms with van der Waals surface area (Å²) in [6.45, 7) is 1.16. The van der Waals surface area contributed by atoms with Crippen LogP contribution < -0.4 is 10.6 Å². The van der Waals surface area contributed by atoms with Gasteiger partial charge in [-0.2, -0.15) is 0 Å². The van der Waals surface area contributed by atoms with Crippen LogP contribution in [0.3, 0.4) is 0 Å². The molecule has 0 fully saturated rings. The molecular formula is C20H20BrFN2O4S. The van der Waals surface area contributed by atoms with Gasteiger partial charge in [0.2, 0.25) is 5.91 Å². The largest absolute Gasteiger partial charge is 0.455 e. The SMILES string of the molecule is Cc1cc(Br)ccc1NC(=O)CNC(=O)COC(=O)CSCc1ccc(F)cc1. The van der Waals surface area contributed by atoms with Crippen molar-refractivity contribution in [3.05, 3.63) is 63.9 Å². The van der Waals surface area contributed by atoms with E-state index in [1.54, 1.807) is 24.3 Å². The Labute approximate surface area is 180 Å². The van der Waals surface area contributed by atoms with Crippen molar-refractivity contribution in [2.75, 3.05) is 24.2 Å². The number of esters is 1. The molecule has 2 N–H and O–H groups in total. The average molecular weight is 483 g/mol. The monoisotopic (exact) mass is 482 g/mol. The van der Waals surface area contributed by atoms with E-state index in [-0.39, 0.29) is 24.0 Å². The first-order chi connectivity index (χ1) is 13.8. The van der Waals surface area contributed by atoms with E-state index in [2.05, 4.69) is 26.6 Å². The summed E-state index contributed by atoms with van der Waals surface area (Å²) in [7, 11) is 0. The van der Waals surface area contributed by atoms with Gasteiger partial charge in [0.25, 0.3) is 5.91 Å². The van der Waals surface area contributed by atoms with Crippen molar-refractivity contribution in [2.45, 2.75) is 12.7 Å². The Morgan fingerprint density at radius 1 is 1.10 bits per heavy atom. The topological polar surface area (TPSA) is 84.5 Å². The van der Waals surface area contributed by atoms with Crippen molar-refractivity contribution in [1.82, 2.24) is 5.32 Å². The Hall–Kier alpha value is -2.39. The van der Waals surface area contributed by atoms with Crippen LogP contribution >= 0.6 is 27.7 Å². The van der Waals surface area contributed by atoms with Gasteiger partial charge in [0, 0.05) is 15.9 Å². The van der Waals surface area contributed by atoms with Crippen LogP contribution in [-0.4, -0.2) is 36.7 Å². The van der Waals surface area contributed by atoms with Crippen LogP contribution in [0.25, 0.3) is 0 Å². The molecule has 0 saturated heterocycles. The van der Waals surface area contributed by atoms with Crippen LogP contribution in [0, 0.1) is 12.7 Å². The predicted molar refractivity (Wildman–Crippen MR) is 114 cm³/mol. The number of nitrogens with one attached hydrogen (secondary N) is 2. The molecule has 0 heterocycles. The van der Waals surface area contributed by atoms with Crippen LogP contribution in [0.4, 0.5) is 10.1 Å². The number of aryl methyl sites for hydroxylation is 1. The Bertz CT molecular complexity index is 877. The molecule has 9 heteroatoms. The van der Waals surface area contributed by atoms with Gasteiger partial charge >= 0.3 is 5.97 Å². The highest BCUT2D eigenvalue weighted by Crippen LogP contribution is 2.19. The average Bonchev–Trinajstić information content (AvgIpc) is 2.68. The van der Waals surface area contributed by atoms with Crippen molar-refractivity contribution in [3.8, 4) is 0 Å². The quantitative estimate of drug-likeness (QED) is 0.534. The van der Waals surface area contributed by atoms with Crippen molar-refractivity contribution in [1.29, 1.82) is 0 Å². The van der Waals surface area contributed by atoms with Crippen molar-refractivity contribution in [3.63, 3.8) is 0 Å². The molecule has 2 aromatic rings. The standard InChI is InChI=1S/C20H20BrFN2O4S/c1-13-8-15(21)4-7-17(13)24-18(25)9-23-19(26)10-28-20(27)12-29-11-14-2-5-16(22)6-3-14/h2-8H,9-12H2,1H3,(H,23,26)(H,24,25). The minimum absolute atomic E-state index is 0.0635. The molecule has 0 spiro atoms. The Morgan fingerprint density at radius 3 is 2.52 bits per heavy atom. The molecule has 0 aliphatic heterocycles. The van der Waals surface area contributed by atoms with E-state index >= 15 is 0 Å². The second-order valence-corrected chi connectivity index (χ2v) is 7.97. The number of amides is 2. The first-order valence-corrected chi connectivity index (χ1v) is 10.6. The minimum Gasteiger partial charge on any atom is -0.455 e. The van der Waals surface area contributed by atoms with Gasteiger partial charge in [-0.25, -0.2) is 4.39 Å². The van der Waals surface area contributed by atoms with Gasteiger partial charge < -0.3 is 15.4 Å². The summed E-state index contributed by atoms with van der Waals surface area (Å²) in [5.41, 5.74) is 2.41. The molecule has 0 aliphatic carbocycles. The molecule has 2 amide bonds. The number of hydrogen-bond donors (Lipinski definition) is 2. The summed E-state index contributed by atoms with van der Waals surface area (Å²) in [5.74, 6) is -1.22. The zero-order valence-corrected chi connectivity index (χ0v) is 18.1. The number of hydrogen-bond acceptors (Lipinski definition) is 5. The minimum atomic E-state index is -0.565. The van der Waals surface area contributed by atoms with Crippen molar-refractivity contribution >= 4 is 51.2 Å². The molecule has 0 radical (unpaired) electrons. The predicted octanol–water partition coefficient (Wildman–Crippen LogP) is 3.43. The summed E-state index contributed by atoms with van der Waals surface area (Å²) < 4.78 is 18.6. The third-order valence-corrected chi connectivity index (χ3v) is 5.15. The highest BCUT2D eigenvalue weighted by Gasteiger charge is 2.10. The summed E-state index contributed by atoms with van der Waals surface area (Å²) >= 11 is 4.64. The summed E-state index contributed by atoms with van der Waals surface area (Å²) in [5, 5.41) is 5.09. The van der Waals surface area contributed by atoms with Gasteiger partial charge in [-0.3, -0.25) is 14.4 Å². The molecule has 0 aromatic heterocycles. The lowest BCUT2D eigenvalue weighted by atomic mass is 10.2. The first kappa shape index (κ1) is 22.9. The maximum atomic E-state index is 12.8. The first-order valence-electron chi connectivity index (χ1n) is 8.64. The number of anilines is 1. The smallest absolute Gasteiger partial charge is 0.316 e. The summed E-state index contributed by atoms with van der Waals surface area (Å²) in [6.07, 6.45) is 0. The van der Waals surface area contributed by atoms with Crippen molar-refractivity contribution < 1.29 is 23.5 Å². The summed E-state index contributed by atoms with van der Waals surface area (Å²) in [6, 6.07) is 11.4. The fourth-order valence-corrected chi connectivity index (χ4v) is 3.47. The maximum absolute atomic E-state index is 12.8. The van der Waals surface area contributed by atoms with Crippen LogP contribution in [0.1, 0.15) is 11.1 Å². The molecule has 2 aromatic carbocycles. The van der Waals surface area contributed by atoms with Crippen LogP contribution in [0.15, 0.2) is 46.9 Å². The Morgan fingerprint density at radius 2 is 1.83 bits per heavy atom. The lowest BCUT2D eigenvalue weighted by Crippen LogP contribution is -2.35. The van der Waals surface area contributed by atoms with Gasteiger partial charge in [-0.05, 0) is 48.4 Å². The van der Waals surface area contributed by atoms with Crippen LogP contribution in [0.5, 0.6) is 0 Å². The van der Waals surface area contributed by atoms with Gasteiger partial charge in [-0.15, -0.1) is 11.8 Å². The number of thioether (sulfide) groups is 1. The molecule has 0 atom stereocenters. The lowest BCUT2D eigenvalue weighted by Gasteiger charge is -2.10. The van der Waals surface area contributed by atoms with Crippen LogP contribution in [0.2, 0.25) is 0 Å². The molecule has 0 bridgehead atoms. The second-order valence-electron chi connectivity index (χ2n) is 6.06. The second kappa shape index (κ2) is 11.6. The molecule has 0 unspecified atom stereocenters. The van der Waals surface area contributed by atoms with Gasteiger partial charge in [0.05, 0.1) is 12.3 Å². The van der Waals surface area contributed by atoms with Gasteiger partial charge in [0.15, 0.2) is 6.61 Å². The third kappa shape index (κ3) is 8.66. The Balaban J connectivity index is 1.61. The zero-order chi connectivity index (χ0) is 21.2. The normalized spacial score (nSPS) is 10.3. The van der Waals surface area contributed by atoms with E-state index in [9.17, 15) is 18.8 Å². The molecule has 0 aliphatic rings. The van der Waals surface area contributed by atoms with Gasteiger partial charge in [0.1, 0.15) is 5.82 Å². The molecule has 0 saturated carbocycles.